The zero-order valence-corrected chi connectivity index (χ0v) is 14.5. The van der Waals surface area contributed by atoms with Crippen molar-refractivity contribution in [1.82, 2.24) is 0 Å². The van der Waals surface area contributed by atoms with Gasteiger partial charge in [-0.1, -0.05) is 0 Å². The number of aliphatic hydroxyl groups excluding tert-OH is 5. The summed E-state index contributed by atoms with van der Waals surface area (Å²) < 4.78 is 10.6. The predicted octanol–water partition coefficient (Wildman–Crippen LogP) is -2.53. The molecule has 0 amide bonds. The van der Waals surface area contributed by atoms with Gasteiger partial charge in [0.25, 0.3) is 0 Å². The van der Waals surface area contributed by atoms with Crippen LogP contribution in [0.4, 0.5) is 0 Å². The van der Waals surface area contributed by atoms with Gasteiger partial charge in [-0.05, 0) is 39.0 Å². The van der Waals surface area contributed by atoms with Crippen molar-refractivity contribution in [1.29, 1.82) is 0 Å². The average molecular weight is 366 g/mol. The lowest BCUT2D eigenvalue weighted by Gasteiger charge is -2.44. The van der Waals surface area contributed by atoms with Crippen LogP contribution in [-0.2, 0) is 9.47 Å². The van der Waals surface area contributed by atoms with E-state index in [-0.39, 0.29) is 18.9 Å². The standard InChI is InChI=1S/C16H30O9/c1-15(22)4-3-8(5-10(15)18)16(2,23)7-24-14-13(21)12(20)11(19)9(6-17)25-14/h8-14,17-23H,3-7H2,1-2H3/t8-,9-,10-,11-,12+,13-,14-,15-,16-/m1/s1. The highest BCUT2D eigenvalue weighted by Gasteiger charge is 2.47. The number of rotatable bonds is 5. The lowest BCUT2D eigenvalue weighted by molar-refractivity contribution is -0.310. The molecule has 2 aliphatic rings. The fourth-order valence-electron chi connectivity index (χ4n) is 3.41. The molecule has 9 heteroatoms. The van der Waals surface area contributed by atoms with Crippen LogP contribution in [-0.4, -0.2) is 97.0 Å². The molecule has 1 heterocycles. The fourth-order valence-corrected chi connectivity index (χ4v) is 3.41. The van der Waals surface area contributed by atoms with Gasteiger partial charge in [0.1, 0.15) is 24.4 Å². The van der Waals surface area contributed by atoms with Crippen molar-refractivity contribution in [3.05, 3.63) is 0 Å². The Bertz CT molecular complexity index is 439. The molecule has 0 aromatic rings. The largest absolute Gasteiger partial charge is 0.394 e. The van der Waals surface area contributed by atoms with Gasteiger partial charge in [-0.2, -0.15) is 0 Å². The first kappa shape index (κ1) is 20.9. The Morgan fingerprint density at radius 1 is 1.16 bits per heavy atom. The molecule has 1 aliphatic carbocycles. The van der Waals surface area contributed by atoms with E-state index >= 15 is 0 Å². The highest BCUT2D eigenvalue weighted by molar-refractivity contribution is 4.96. The van der Waals surface area contributed by atoms with Crippen molar-refractivity contribution in [3.63, 3.8) is 0 Å². The van der Waals surface area contributed by atoms with Crippen LogP contribution in [0.1, 0.15) is 33.1 Å². The minimum atomic E-state index is -1.55. The minimum absolute atomic E-state index is 0.193. The van der Waals surface area contributed by atoms with Crippen LogP contribution in [0.5, 0.6) is 0 Å². The molecule has 9 atom stereocenters. The predicted molar refractivity (Wildman–Crippen MR) is 84.3 cm³/mol. The molecule has 0 spiro atoms. The first-order valence-electron chi connectivity index (χ1n) is 8.54. The number of hydrogen-bond donors (Lipinski definition) is 7. The molecule has 1 saturated heterocycles. The molecule has 2 rings (SSSR count). The smallest absolute Gasteiger partial charge is 0.186 e. The zero-order valence-electron chi connectivity index (χ0n) is 14.5. The Hall–Kier alpha value is -0.360. The molecule has 1 saturated carbocycles. The highest BCUT2D eigenvalue weighted by Crippen LogP contribution is 2.38. The Morgan fingerprint density at radius 2 is 1.80 bits per heavy atom. The van der Waals surface area contributed by atoms with E-state index in [0.29, 0.717) is 12.8 Å². The van der Waals surface area contributed by atoms with Gasteiger partial charge in [0.05, 0.1) is 30.5 Å². The second kappa shape index (κ2) is 7.71. The van der Waals surface area contributed by atoms with Crippen molar-refractivity contribution < 1.29 is 45.2 Å². The quantitative estimate of drug-likeness (QED) is 0.278. The first-order valence-corrected chi connectivity index (χ1v) is 8.54. The molecular formula is C16H30O9. The maximum absolute atomic E-state index is 10.7. The summed E-state index contributed by atoms with van der Waals surface area (Å²) in [5.74, 6) is -0.340. The Kier molecular flexibility index (Phi) is 6.46. The van der Waals surface area contributed by atoms with Gasteiger partial charge < -0.3 is 45.2 Å². The van der Waals surface area contributed by atoms with Crippen molar-refractivity contribution in [2.45, 2.75) is 81.1 Å². The molecule has 7 N–H and O–H groups in total. The van der Waals surface area contributed by atoms with Crippen LogP contribution in [0.15, 0.2) is 0 Å². The van der Waals surface area contributed by atoms with Gasteiger partial charge in [-0.3, -0.25) is 0 Å². The summed E-state index contributed by atoms with van der Waals surface area (Å²) in [5.41, 5.74) is -2.55. The third kappa shape index (κ3) is 4.49. The Labute approximate surface area is 146 Å². The minimum Gasteiger partial charge on any atom is -0.394 e. The van der Waals surface area contributed by atoms with E-state index in [2.05, 4.69) is 0 Å². The first-order chi connectivity index (χ1) is 11.5. The van der Waals surface area contributed by atoms with Gasteiger partial charge in [-0.25, -0.2) is 0 Å². The summed E-state index contributed by atoms with van der Waals surface area (Å²) in [7, 11) is 0. The summed E-state index contributed by atoms with van der Waals surface area (Å²) >= 11 is 0. The molecular weight excluding hydrogens is 336 g/mol. The van der Waals surface area contributed by atoms with Crippen LogP contribution in [0, 0.1) is 5.92 Å². The van der Waals surface area contributed by atoms with Crippen LogP contribution in [0.3, 0.4) is 0 Å². The topological polar surface area (TPSA) is 160 Å². The number of aliphatic hydroxyl groups is 7. The zero-order chi connectivity index (χ0) is 19.0. The van der Waals surface area contributed by atoms with Crippen LogP contribution in [0.2, 0.25) is 0 Å². The van der Waals surface area contributed by atoms with E-state index in [9.17, 15) is 30.6 Å². The van der Waals surface area contributed by atoms with Crippen molar-refractivity contribution in [2.24, 2.45) is 5.92 Å². The van der Waals surface area contributed by atoms with Gasteiger partial charge in [0.2, 0.25) is 0 Å². The Morgan fingerprint density at radius 3 is 2.36 bits per heavy atom. The lowest BCUT2D eigenvalue weighted by Crippen LogP contribution is -2.60. The van der Waals surface area contributed by atoms with Crippen molar-refractivity contribution >= 4 is 0 Å². The third-order valence-electron chi connectivity index (χ3n) is 5.49. The Balaban J connectivity index is 1.95. The molecule has 0 aromatic heterocycles. The number of hydrogen-bond acceptors (Lipinski definition) is 9. The lowest BCUT2D eigenvalue weighted by atomic mass is 9.71. The molecule has 1 aliphatic heterocycles. The normalized spacial score (nSPS) is 48.1. The average Bonchev–Trinajstić information content (AvgIpc) is 2.54. The third-order valence-corrected chi connectivity index (χ3v) is 5.49. The molecule has 9 nitrogen and oxygen atoms in total. The molecule has 0 aromatic carbocycles. The molecule has 0 radical (unpaired) electrons. The van der Waals surface area contributed by atoms with E-state index in [0.717, 1.165) is 0 Å². The summed E-state index contributed by atoms with van der Waals surface area (Å²) in [6.45, 7) is 2.25. The van der Waals surface area contributed by atoms with Crippen molar-refractivity contribution in [3.8, 4) is 0 Å². The summed E-state index contributed by atoms with van der Waals surface area (Å²) in [6, 6.07) is 0. The van der Waals surface area contributed by atoms with E-state index in [4.69, 9.17) is 14.6 Å². The van der Waals surface area contributed by atoms with E-state index in [1.54, 1.807) is 6.92 Å². The van der Waals surface area contributed by atoms with Gasteiger partial charge in [0, 0.05) is 0 Å². The van der Waals surface area contributed by atoms with Gasteiger partial charge in [0.15, 0.2) is 6.29 Å². The van der Waals surface area contributed by atoms with Crippen molar-refractivity contribution in [2.75, 3.05) is 13.2 Å². The van der Waals surface area contributed by atoms with Gasteiger partial charge in [-0.15, -0.1) is 0 Å². The second-order valence-corrected chi connectivity index (χ2v) is 7.71. The monoisotopic (exact) mass is 366 g/mol. The van der Waals surface area contributed by atoms with E-state index in [1.165, 1.54) is 6.92 Å². The van der Waals surface area contributed by atoms with E-state index < -0.39 is 54.6 Å². The molecule has 148 valence electrons. The molecule has 25 heavy (non-hydrogen) atoms. The number of ether oxygens (including phenoxy) is 2. The SMILES string of the molecule is C[C@@](O)(CO[C@@H]1O[C@H](CO)[C@@H](O)[C@H](O)[C@H]1O)[C@@H]1CC[C@@](C)(O)[C@H](O)C1. The maximum Gasteiger partial charge on any atom is 0.186 e. The maximum atomic E-state index is 10.7. The van der Waals surface area contributed by atoms with Crippen LogP contribution >= 0.6 is 0 Å². The van der Waals surface area contributed by atoms with Crippen LogP contribution in [0.25, 0.3) is 0 Å². The summed E-state index contributed by atoms with van der Waals surface area (Å²) in [5, 5.41) is 69.3. The highest BCUT2D eigenvalue weighted by atomic mass is 16.7. The van der Waals surface area contributed by atoms with Crippen LogP contribution < -0.4 is 0 Å². The molecule has 0 bridgehead atoms. The molecule has 2 fully saturated rings. The fraction of sp³-hybridized carbons (Fsp3) is 1.00. The second-order valence-electron chi connectivity index (χ2n) is 7.71. The summed E-state index contributed by atoms with van der Waals surface area (Å²) in [6.07, 6.45) is -6.93. The summed E-state index contributed by atoms with van der Waals surface area (Å²) in [4.78, 5) is 0. The van der Waals surface area contributed by atoms with E-state index in [1.807, 2.05) is 0 Å². The molecule has 0 unspecified atom stereocenters. The van der Waals surface area contributed by atoms with Gasteiger partial charge >= 0.3 is 0 Å².